The van der Waals surface area contributed by atoms with Crippen molar-refractivity contribution in [2.24, 2.45) is 18.5 Å². The van der Waals surface area contributed by atoms with Crippen molar-refractivity contribution in [3.8, 4) is 0 Å². The zero-order valence-electron chi connectivity index (χ0n) is 15.6. The van der Waals surface area contributed by atoms with Crippen molar-refractivity contribution in [2.45, 2.75) is 32.0 Å². The van der Waals surface area contributed by atoms with Gasteiger partial charge in [-0.2, -0.15) is 10.1 Å². The van der Waals surface area contributed by atoms with Crippen LogP contribution >= 0.6 is 0 Å². The molecule has 0 radical (unpaired) electrons. The van der Waals surface area contributed by atoms with Crippen molar-refractivity contribution in [3.63, 3.8) is 0 Å². The number of fused-ring (bicyclic) bond motifs is 2. The molecule has 0 bridgehead atoms. The normalized spacial score (nSPS) is 14.1. The summed E-state index contributed by atoms with van der Waals surface area (Å²) in [5, 5.41) is 16.8. The molecule has 1 aliphatic rings. The molecule has 1 aliphatic carbocycles. The Morgan fingerprint density at radius 1 is 1.18 bits per heavy atom. The van der Waals surface area contributed by atoms with E-state index in [0.717, 1.165) is 40.8 Å². The molecule has 144 valence electrons. The smallest absolute Gasteiger partial charge is 0.247 e. The SMILES string of the molecule is Cn1nc(CN)c2cc(Nc3nc(NC4CC4)c4ncc(CN)n4n3)ccc21. The lowest BCUT2D eigenvalue weighted by Gasteiger charge is -2.10. The molecule has 0 atom stereocenters. The number of nitrogens with two attached hydrogens (primary N) is 2. The Labute approximate surface area is 160 Å². The van der Waals surface area contributed by atoms with Gasteiger partial charge in [0.15, 0.2) is 11.5 Å². The van der Waals surface area contributed by atoms with E-state index in [4.69, 9.17) is 11.5 Å². The summed E-state index contributed by atoms with van der Waals surface area (Å²) in [6.45, 7) is 0.732. The number of rotatable bonds is 6. The first-order valence-electron chi connectivity index (χ1n) is 9.30. The van der Waals surface area contributed by atoms with E-state index in [0.29, 0.717) is 36.5 Å². The minimum atomic E-state index is 0.349. The fourth-order valence-corrected chi connectivity index (χ4v) is 3.33. The Balaban J connectivity index is 1.56. The third-order valence-electron chi connectivity index (χ3n) is 4.94. The van der Waals surface area contributed by atoms with E-state index in [-0.39, 0.29) is 0 Å². The molecule has 0 aliphatic heterocycles. The molecule has 4 aromatic rings. The molecular formula is C18H22N10. The first kappa shape index (κ1) is 16.9. The Morgan fingerprint density at radius 2 is 2.04 bits per heavy atom. The first-order chi connectivity index (χ1) is 13.7. The van der Waals surface area contributed by atoms with Crippen LogP contribution < -0.4 is 22.1 Å². The van der Waals surface area contributed by atoms with Crippen LogP contribution in [0.3, 0.4) is 0 Å². The molecule has 0 unspecified atom stereocenters. The van der Waals surface area contributed by atoms with Gasteiger partial charge in [-0.15, -0.1) is 5.10 Å². The fourth-order valence-electron chi connectivity index (χ4n) is 3.33. The summed E-state index contributed by atoms with van der Waals surface area (Å²) >= 11 is 0. The second-order valence-electron chi connectivity index (χ2n) is 7.02. The van der Waals surface area contributed by atoms with Gasteiger partial charge < -0.3 is 22.1 Å². The van der Waals surface area contributed by atoms with Crippen molar-refractivity contribution in [2.75, 3.05) is 10.6 Å². The molecule has 0 amide bonds. The van der Waals surface area contributed by atoms with E-state index in [2.05, 4.69) is 30.8 Å². The zero-order chi connectivity index (χ0) is 19.3. The van der Waals surface area contributed by atoms with Gasteiger partial charge in [-0.1, -0.05) is 0 Å². The quantitative estimate of drug-likeness (QED) is 0.393. The summed E-state index contributed by atoms with van der Waals surface area (Å²) in [6, 6.07) is 6.45. The second kappa shape index (κ2) is 6.43. The molecule has 1 saturated carbocycles. The lowest BCUT2D eigenvalue weighted by Crippen LogP contribution is -2.12. The van der Waals surface area contributed by atoms with Crippen LogP contribution in [0.2, 0.25) is 0 Å². The van der Waals surface area contributed by atoms with Crippen LogP contribution in [0.1, 0.15) is 24.2 Å². The highest BCUT2D eigenvalue weighted by Gasteiger charge is 2.24. The van der Waals surface area contributed by atoms with E-state index in [1.807, 2.05) is 29.9 Å². The van der Waals surface area contributed by atoms with Gasteiger partial charge in [-0.25, -0.2) is 9.50 Å². The summed E-state index contributed by atoms with van der Waals surface area (Å²) in [4.78, 5) is 9.08. The van der Waals surface area contributed by atoms with Gasteiger partial charge in [0.1, 0.15) is 0 Å². The lowest BCUT2D eigenvalue weighted by atomic mass is 10.2. The van der Waals surface area contributed by atoms with Crippen LogP contribution in [0.15, 0.2) is 24.4 Å². The van der Waals surface area contributed by atoms with Gasteiger partial charge in [0, 0.05) is 37.3 Å². The number of nitrogens with one attached hydrogen (secondary N) is 2. The van der Waals surface area contributed by atoms with Crippen LogP contribution in [0.25, 0.3) is 16.6 Å². The van der Waals surface area contributed by atoms with E-state index in [1.54, 1.807) is 10.7 Å². The molecule has 6 N–H and O–H groups in total. The van der Waals surface area contributed by atoms with Gasteiger partial charge in [-0.05, 0) is 31.0 Å². The first-order valence-corrected chi connectivity index (χ1v) is 9.30. The highest BCUT2D eigenvalue weighted by Crippen LogP contribution is 2.28. The van der Waals surface area contributed by atoms with Crippen LogP contribution in [0.5, 0.6) is 0 Å². The number of imidazole rings is 1. The summed E-state index contributed by atoms with van der Waals surface area (Å²) in [5.41, 5.74) is 15.9. The van der Waals surface area contributed by atoms with Crippen molar-refractivity contribution < 1.29 is 0 Å². The van der Waals surface area contributed by atoms with Crippen molar-refractivity contribution >= 4 is 34.0 Å². The average molecular weight is 378 g/mol. The molecule has 1 fully saturated rings. The third-order valence-corrected chi connectivity index (χ3v) is 4.94. The summed E-state index contributed by atoms with van der Waals surface area (Å²) in [7, 11) is 1.91. The van der Waals surface area contributed by atoms with Gasteiger partial charge in [0.25, 0.3) is 0 Å². The van der Waals surface area contributed by atoms with E-state index < -0.39 is 0 Å². The predicted molar refractivity (Wildman–Crippen MR) is 107 cm³/mol. The molecule has 10 nitrogen and oxygen atoms in total. The van der Waals surface area contributed by atoms with Crippen LogP contribution in [0.4, 0.5) is 17.5 Å². The molecule has 3 aromatic heterocycles. The zero-order valence-corrected chi connectivity index (χ0v) is 15.6. The van der Waals surface area contributed by atoms with Crippen LogP contribution in [-0.4, -0.2) is 35.4 Å². The van der Waals surface area contributed by atoms with E-state index in [9.17, 15) is 0 Å². The topological polar surface area (TPSA) is 137 Å². The maximum atomic E-state index is 5.84. The number of anilines is 3. The number of hydrogen-bond donors (Lipinski definition) is 4. The maximum Gasteiger partial charge on any atom is 0.247 e. The Hall–Kier alpha value is -3.24. The molecule has 1 aromatic carbocycles. The van der Waals surface area contributed by atoms with E-state index in [1.165, 1.54) is 0 Å². The second-order valence-corrected chi connectivity index (χ2v) is 7.02. The molecule has 5 rings (SSSR count). The summed E-state index contributed by atoms with van der Waals surface area (Å²) in [5.74, 6) is 1.19. The third kappa shape index (κ3) is 2.83. The Morgan fingerprint density at radius 3 is 2.79 bits per heavy atom. The molecular weight excluding hydrogens is 356 g/mol. The number of nitrogens with zero attached hydrogens (tertiary/aromatic N) is 6. The number of aromatic nitrogens is 6. The predicted octanol–water partition coefficient (Wildman–Crippen LogP) is 1.25. The summed E-state index contributed by atoms with van der Waals surface area (Å²) in [6.07, 6.45) is 4.02. The van der Waals surface area contributed by atoms with Crippen molar-refractivity contribution in [1.82, 2.24) is 29.4 Å². The van der Waals surface area contributed by atoms with Gasteiger partial charge >= 0.3 is 0 Å². The summed E-state index contributed by atoms with van der Waals surface area (Å²) < 4.78 is 3.58. The lowest BCUT2D eigenvalue weighted by molar-refractivity contribution is 0.766. The Kier molecular flexibility index (Phi) is 3.88. The fraction of sp³-hybridized carbons (Fsp3) is 0.333. The largest absolute Gasteiger partial charge is 0.364 e. The monoisotopic (exact) mass is 378 g/mol. The van der Waals surface area contributed by atoms with Gasteiger partial charge in [0.05, 0.1) is 23.1 Å². The number of benzene rings is 1. The molecule has 0 spiro atoms. The molecule has 3 heterocycles. The molecule has 0 saturated heterocycles. The van der Waals surface area contributed by atoms with Gasteiger partial charge in [0.2, 0.25) is 5.95 Å². The molecule has 10 heteroatoms. The molecule has 28 heavy (non-hydrogen) atoms. The standard InChI is InChI=1S/C18H22N10/c1-27-15-5-4-11(6-13(15)14(8-20)25-27)23-18-24-16(22-10-2-3-10)17-21-9-12(7-19)28(17)26-18/h4-6,9-10H,2-3,7-8,19-20H2,1H3,(H2,22,23,24,26). The van der Waals surface area contributed by atoms with Gasteiger partial charge in [-0.3, -0.25) is 4.68 Å². The van der Waals surface area contributed by atoms with E-state index >= 15 is 0 Å². The number of aryl methyl sites for hydroxylation is 1. The number of hydrogen-bond acceptors (Lipinski definition) is 8. The maximum absolute atomic E-state index is 5.84. The van der Waals surface area contributed by atoms with Crippen molar-refractivity contribution in [3.05, 3.63) is 35.8 Å². The minimum Gasteiger partial charge on any atom is -0.364 e. The van der Waals surface area contributed by atoms with Crippen molar-refractivity contribution in [1.29, 1.82) is 0 Å². The van der Waals surface area contributed by atoms with Crippen LogP contribution in [0, 0.1) is 0 Å². The average Bonchev–Trinajstić information content (AvgIpc) is 3.32. The van der Waals surface area contributed by atoms with Crippen LogP contribution in [-0.2, 0) is 20.1 Å². The Bertz CT molecular complexity index is 1170. The minimum absolute atomic E-state index is 0.349. The highest BCUT2D eigenvalue weighted by molar-refractivity contribution is 5.86. The highest BCUT2D eigenvalue weighted by atomic mass is 15.4.